The first kappa shape index (κ1) is 21.4. The van der Waals surface area contributed by atoms with Crippen LogP contribution in [0.1, 0.15) is 42.9 Å². The van der Waals surface area contributed by atoms with Gasteiger partial charge in [-0.3, -0.25) is 19.3 Å². The zero-order valence-corrected chi connectivity index (χ0v) is 18.4. The fraction of sp³-hybridized carbons (Fsp3) is 0.375. The van der Waals surface area contributed by atoms with Crippen LogP contribution in [0.3, 0.4) is 0 Å². The van der Waals surface area contributed by atoms with E-state index in [-0.39, 0.29) is 36.6 Å². The van der Waals surface area contributed by atoms with Crippen molar-refractivity contribution in [1.82, 2.24) is 9.80 Å². The molecule has 0 spiro atoms. The number of hydrogen-bond acceptors (Lipinski definition) is 4. The number of methoxy groups -OCH3 is 1. The zero-order chi connectivity index (χ0) is 22.2. The van der Waals surface area contributed by atoms with E-state index in [4.69, 9.17) is 16.3 Å². The van der Waals surface area contributed by atoms with E-state index in [1.54, 1.807) is 31.4 Å². The summed E-state index contributed by atoms with van der Waals surface area (Å²) in [5, 5.41) is 0.384. The van der Waals surface area contributed by atoms with Crippen LogP contribution in [0.15, 0.2) is 48.5 Å². The van der Waals surface area contributed by atoms with Crippen molar-refractivity contribution in [2.24, 2.45) is 0 Å². The second-order valence-electron chi connectivity index (χ2n) is 8.16. The number of halogens is 1. The van der Waals surface area contributed by atoms with Crippen molar-refractivity contribution < 1.29 is 19.1 Å². The van der Waals surface area contributed by atoms with Gasteiger partial charge in [0, 0.05) is 37.0 Å². The molecule has 2 aromatic rings. The van der Waals surface area contributed by atoms with Gasteiger partial charge >= 0.3 is 0 Å². The molecule has 0 aliphatic carbocycles. The molecule has 2 atom stereocenters. The van der Waals surface area contributed by atoms with Gasteiger partial charge in [-0.2, -0.15) is 0 Å². The molecule has 2 unspecified atom stereocenters. The highest BCUT2D eigenvalue weighted by atomic mass is 35.5. The summed E-state index contributed by atoms with van der Waals surface area (Å²) in [4.78, 5) is 42.2. The number of imide groups is 1. The lowest BCUT2D eigenvalue weighted by molar-refractivity contribution is -0.141. The molecule has 0 bridgehead atoms. The minimum atomic E-state index is -1.28. The quantitative estimate of drug-likeness (QED) is 0.664. The Morgan fingerprint density at radius 2 is 1.87 bits per heavy atom. The molecule has 0 aromatic heterocycles. The first-order valence-electron chi connectivity index (χ1n) is 10.4. The predicted molar refractivity (Wildman–Crippen MR) is 117 cm³/mol. The van der Waals surface area contributed by atoms with Crippen LogP contribution >= 0.6 is 11.6 Å². The molecule has 3 amide bonds. The Labute approximate surface area is 186 Å². The number of rotatable bonds is 5. The molecule has 7 heteroatoms. The third kappa shape index (κ3) is 3.59. The largest absolute Gasteiger partial charge is 0.496 e. The molecule has 2 heterocycles. The van der Waals surface area contributed by atoms with E-state index in [0.717, 1.165) is 29.1 Å². The molecular weight excluding hydrogens is 416 g/mol. The lowest BCUT2D eigenvalue weighted by Gasteiger charge is -2.32. The van der Waals surface area contributed by atoms with Crippen molar-refractivity contribution in [2.45, 2.75) is 37.1 Å². The summed E-state index contributed by atoms with van der Waals surface area (Å²) in [6.45, 7) is 0.595. The van der Waals surface area contributed by atoms with E-state index >= 15 is 0 Å². The van der Waals surface area contributed by atoms with E-state index < -0.39 is 5.41 Å². The number of para-hydroxylation sites is 1. The number of carbonyl (C=O) groups is 3. The third-order valence-corrected chi connectivity index (χ3v) is 6.78. The number of nitrogens with zero attached hydrogens (tertiary/aromatic N) is 2. The number of likely N-dealkylation sites (tertiary alicyclic amines) is 2. The van der Waals surface area contributed by atoms with Crippen LogP contribution in [-0.2, 0) is 19.8 Å². The molecule has 0 N–H and O–H groups in total. The monoisotopic (exact) mass is 440 g/mol. The summed E-state index contributed by atoms with van der Waals surface area (Å²) >= 11 is 6.44. The van der Waals surface area contributed by atoms with Crippen LogP contribution in [0.5, 0.6) is 5.75 Å². The Morgan fingerprint density at radius 1 is 1.16 bits per heavy atom. The van der Waals surface area contributed by atoms with Crippen molar-refractivity contribution in [3.05, 3.63) is 64.7 Å². The van der Waals surface area contributed by atoms with Gasteiger partial charge in [0.15, 0.2) is 0 Å². The van der Waals surface area contributed by atoms with Crippen molar-refractivity contribution >= 4 is 29.3 Å². The lowest BCUT2D eigenvalue weighted by atomic mass is 9.75. The normalized spacial score (nSPS) is 23.5. The van der Waals surface area contributed by atoms with Crippen LogP contribution in [0, 0.1) is 0 Å². The Morgan fingerprint density at radius 3 is 2.55 bits per heavy atom. The molecule has 0 radical (unpaired) electrons. The average Bonchev–Trinajstić information content (AvgIpc) is 3.34. The first-order valence-corrected chi connectivity index (χ1v) is 10.7. The Balaban J connectivity index is 1.70. The van der Waals surface area contributed by atoms with E-state index in [1.165, 1.54) is 7.05 Å². The molecule has 2 aromatic carbocycles. The molecule has 2 aliphatic rings. The van der Waals surface area contributed by atoms with Gasteiger partial charge in [0.2, 0.25) is 17.7 Å². The predicted octanol–water partition coefficient (Wildman–Crippen LogP) is 3.73. The SMILES string of the molecule is COc1ccccc1C1CCCN1C(=O)CC1(c2ccccc2Cl)CC(=O)N(C)C1=O. The maximum absolute atomic E-state index is 13.6. The van der Waals surface area contributed by atoms with Gasteiger partial charge in [0.25, 0.3) is 0 Å². The van der Waals surface area contributed by atoms with Gasteiger partial charge in [-0.15, -0.1) is 0 Å². The molecule has 0 saturated carbocycles. The molecule has 2 aliphatic heterocycles. The second-order valence-corrected chi connectivity index (χ2v) is 8.57. The highest BCUT2D eigenvalue weighted by Crippen LogP contribution is 2.44. The summed E-state index contributed by atoms with van der Waals surface area (Å²) in [6, 6.07) is 14.5. The highest BCUT2D eigenvalue weighted by molar-refractivity contribution is 6.32. The second kappa shape index (κ2) is 8.35. The number of benzene rings is 2. The van der Waals surface area contributed by atoms with Crippen LogP contribution in [0.2, 0.25) is 5.02 Å². The van der Waals surface area contributed by atoms with Gasteiger partial charge < -0.3 is 9.64 Å². The van der Waals surface area contributed by atoms with Gasteiger partial charge in [-0.25, -0.2) is 0 Å². The fourth-order valence-corrected chi connectivity index (χ4v) is 5.19. The topological polar surface area (TPSA) is 66.9 Å². The van der Waals surface area contributed by atoms with Crippen LogP contribution in [-0.4, -0.2) is 48.2 Å². The van der Waals surface area contributed by atoms with Crippen LogP contribution in [0.25, 0.3) is 0 Å². The summed E-state index contributed by atoms with van der Waals surface area (Å²) in [7, 11) is 3.08. The van der Waals surface area contributed by atoms with Crippen LogP contribution < -0.4 is 4.74 Å². The number of amides is 3. The summed E-state index contributed by atoms with van der Waals surface area (Å²) in [6.07, 6.45) is 1.51. The third-order valence-electron chi connectivity index (χ3n) is 6.45. The molecular formula is C24H25ClN2O4. The van der Waals surface area contributed by atoms with E-state index in [0.29, 0.717) is 17.1 Å². The zero-order valence-electron chi connectivity index (χ0n) is 17.6. The molecule has 6 nitrogen and oxygen atoms in total. The first-order chi connectivity index (χ1) is 14.9. The standard InChI is InChI=1S/C24H25ClN2O4/c1-26-21(28)14-24(23(26)30,17-9-4-5-10-18(17)25)15-22(29)27-13-7-11-19(27)16-8-3-6-12-20(16)31-2/h3-6,8-10,12,19H,7,11,13-15H2,1-2H3. The van der Waals surface area contributed by atoms with Crippen molar-refractivity contribution in [3.63, 3.8) is 0 Å². The molecule has 31 heavy (non-hydrogen) atoms. The number of hydrogen-bond donors (Lipinski definition) is 0. The van der Waals surface area contributed by atoms with E-state index in [2.05, 4.69) is 0 Å². The maximum atomic E-state index is 13.6. The smallest absolute Gasteiger partial charge is 0.240 e. The average molecular weight is 441 g/mol. The Bertz CT molecular complexity index is 1040. The minimum Gasteiger partial charge on any atom is -0.496 e. The van der Waals surface area contributed by atoms with E-state index in [1.807, 2.05) is 29.2 Å². The Kier molecular flexibility index (Phi) is 5.75. The molecule has 2 saturated heterocycles. The minimum absolute atomic E-state index is 0.0645. The van der Waals surface area contributed by atoms with E-state index in [9.17, 15) is 14.4 Å². The molecule has 162 valence electrons. The Hall–Kier alpha value is -2.86. The number of likely N-dealkylation sites (N-methyl/N-ethyl adjacent to an activating group) is 1. The fourth-order valence-electron chi connectivity index (χ4n) is 4.87. The summed E-state index contributed by atoms with van der Waals surface area (Å²) < 4.78 is 5.51. The highest BCUT2D eigenvalue weighted by Gasteiger charge is 2.54. The van der Waals surface area contributed by atoms with Gasteiger partial charge in [0.05, 0.1) is 18.6 Å². The van der Waals surface area contributed by atoms with Gasteiger partial charge in [0.1, 0.15) is 5.75 Å². The molecule has 4 rings (SSSR count). The summed E-state index contributed by atoms with van der Waals surface area (Å²) in [5.74, 6) is -0.114. The van der Waals surface area contributed by atoms with Gasteiger partial charge in [-0.1, -0.05) is 48.0 Å². The molecule has 2 fully saturated rings. The lowest BCUT2D eigenvalue weighted by Crippen LogP contribution is -2.42. The van der Waals surface area contributed by atoms with Crippen LogP contribution in [0.4, 0.5) is 0 Å². The van der Waals surface area contributed by atoms with Crippen molar-refractivity contribution in [3.8, 4) is 5.75 Å². The maximum Gasteiger partial charge on any atom is 0.240 e. The van der Waals surface area contributed by atoms with Gasteiger partial charge in [-0.05, 0) is 30.5 Å². The summed E-state index contributed by atoms with van der Waals surface area (Å²) in [5.41, 5.74) is 0.198. The number of carbonyl (C=O) groups excluding carboxylic acids is 3. The number of ether oxygens (including phenoxy) is 1. The van der Waals surface area contributed by atoms with Crippen molar-refractivity contribution in [1.29, 1.82) is 0 Å². The van der Waals surface area contributed by atoms with Crippen molar-refractivity contribution in [2.75, 3.05) is 20.7 Å².